The van der Waals surface area contributed by atoms with E-state index in [1.165, 1.54) is 0 Å². The standard InChI is InChI=1S/C14H17N5O2/c1-19-8-15-7-12(19)11-3-4-16-13(18-11)14(20)17-9-5-10(6-9)21-2/h3-4,7-10H,5-6H2,1-2H3,(H,17,20). The minimum atomic E-state index is -0.251. The average Bonchev–Trinajstić information content (AvgIpc) is 2.88. The molecule has 110 valence electrons. The first-order chi connectivity index (χ1) is 10.2. The van der Waals surface area contributed by atoms with Crippen LogP contribution in [-0.2, 0) is 11.8 Å². The zero-order chi connectivity index (χ0) is 14.8. The maximum atomic E-state index is 12.2. The van der Waals surface area contributed by atoms with Crippen LogP contribution in [0.1, 0.15) is 23.5 Å². The number of hydrogen-bond acceptors (Lipinski definition) is 5. The van der Waals surface area contributed by atoms with Gasteiger partial charge in [-0.15, -0.1) is 0 Å². The molecule has 3 rings (SSSR count). The lowest BCUT2D eigenvalue weighted by atomic mass is 9.89. The lowest BCUT2D eigenvalue weighted by molar-refractivity contribution is 0.0174. The molecule has 0 bridgehead atoms. The molecule has 1 amide bonds. The maximum absolute atomic E-state index is 12.2. The maximum Gasteiger partial charge on any atom is 0.289 e. The highest BCUT2D eigenvalue weighted by Crippen LogP contribution is 2.22. The molecule has 2 heterocycles. The highest BCUT2D eigenvalue weighted by atomic mass is 16.5. The van der Waals surface area contributed by atoms with Crippen molar-refractivity contribution in [3.63, 3.8) is 0 Å². The van der Waals surface area contributed by atoms with Crippen LogP contribution in [0.2, 0.25) is 0 Å². The number of hydrogen-bond donors (Lipinski definition) is 1. The number of nitrogens with one attached hydrogen (secondary N) is 1. The smallest absolute Gasteiger partial charge is 0.289 e. The van der Waals surface area contributed by atoms with E-state index in [9.17, 15) is 4.79 Å². The Kier molecular flexibility index (Phi) is 3.66. The second-order valence-corrected chi connectivity index (χ2v) is 5.15. The molecule has 0 atom stereocenters. The SMILES string of the molecule is COC1CC(NC(=O)c2nccc(-c3cncn3C)n2)C1. The summed E-state index contributed by atoms with van der Waals surface area (Å²) in [6.07, 6.45) is 6.91. The van der Waals surface area contributed by atoms with Crippen molar-refractivity contribution >= 4 is 5.91 Å². The van der Waals surface area contributed by atoms with Gasteiger partial charge in [0.05, 0.1) is 30.0 Å². The number of rotatable bonds is 4. The topological polar surface area (TPSA) is 81.9 Å². The molecular weight excluding hydrogens is 270 g/mol. The third-order valence-electron chi connectivity index (χ3n) is 3.70. The van der Waals surface area contributed by atoms with Crippen LogP contribution in [-0.4, -0.2) is 44.7 Å². The second-order valence-electron chi connectivity index (χ2n) is 5.15. The van der Waals surface area contributed by atoms with Gasteiger partial charge in [0.2, 0.25) is 5.82 Å². The minimum absolute atomic E-state index is 0.145. The van der Waals surface area contributed by atoms with Gasteiger partial charge >= 0.3 is 0 Å². The number of amides is 1. The normalized spacial score (nSPS) is 20.9. The van der Waals surface area contributed by atoms with Crippen LogP contribution in [0.25, 0.3) is 11.4 Å². The highest BCUT2D eigenvalue weighted by Gasteiger charge is 2.30. The van der Waals surface area contributed by atoms with Crippen molar-refractivity contribution < 1.29 is 9.53 Å². The quantitative estimate of drug-likeness (QED) is 0.898. The van der Waals surface area contributed by atoms with Crippen molar-refractivity contribution in [2.45, 2.75) is 25.0 Å². The third-order valence-corrected chi connectivity index (χ3v) is 3.70. The zero-order valence-electron chi connectivity index (χ0n) is 12.0. The highest BCUT2D eigenvalue weighted by molar-refractivity contribution is 5.91. The summed E-state index contributed by atoms with van der Waals surface area (Å²) in [5, 5.41) is 2.92. The molecule has 2 aromatic rings. The summed E-state index contributed by atoms with van der Waals surface area (Å²) in [5.41, 5.74) is 1.52. The molecule has 0 spiro atoms. The van der Waals surface area contributed by atoms with E-state index in [1.54, 1.807) is 31.9 Å². The molecule has 2 aromatic heterocycles. The summed E-state index contributed by atoms with van der Waals surface area (Å²) < 4.78 is 7.04. The molecule has 7 nitrogen and oxygen atoms in total. The molecule has 1 saturated carbocycles. The van der Waals surface area contributed by atoms with E-state index >= 15 is 0 Å². The summed E-state index contributed by atoms with van der Waals surface area (Å²) in [4.78, 5) is 24.6. The summed E-state index contributed by atoms with van der Waals surface area (Å²) >= 11 is 0. The van der Waals surface area contributed by atoms with Gasteiger partial charge in [0, 0.05) is 26.4 Å². The summed E-state index contributed by atoms with van der Waals surface area (Å²) in [6, 6.07) is 1.91. The molecule has 1 aliphatic rings. The zero-order valence-corrected chi connectivity index (χ0v) is 12.0. The van der Waals surface area contributed by atoms with Gasteiger partial charge in [-0.2, -0.15) is 0 Å². The molecule has 1 aliphatic carbocycles. The van der Waals surface area contributed by atoms with Gasteiger partial charge in [0.1, 0.15) is 0 Å². The lowest BCUT2D eigenvalue weighted by Gasteiger charge is -2.34. The number of carbonyl (C=O) groups is 1. The van der Waals surface area contributed by atoms with Crippen LogP contribution in [0.4, 0.5) is 0 Å². The van der Waals surface area contributed by atoms with Crippen molar-refractivity contribution in [3.05, 3.63) is 30.6 Å². The number of aromatic nitrogens is 4. The Morgan fingerprint density at radius 1 is 1.48 bits per heavy atom. The van der Waals surface area contributed by atoms with Gasteiger partial charge in [-0.05, 0) is 18.9 Å². The van der Waals surface area contributed by atoms with Gasteiger partial charge in [-0.25, -0.2) is 15.0 Å². The number of nitrogens with zero attached hydrogens (tertiary/aromatic N) is 4. The average molecular weight is 287 g/mol. The third kappa shape index (κ3) is 2.78. The summed E-state index contributed by atoms with van der Waals surface area (Å²) in [7, 11) is 3.56. The van der Waals surface area contributed by atoms with Crippen molar-refractivity contribution in [2.75, 3.05) is 7.11 Å². The van der Waals surface area contributed by atoms with Crippen LogP contribution in [0.3, 0.4) is 0 Å². The number of carbonyl (C=O) groups excluding carboxylic acids is 1. The van der Waals surface area contributed by atoms with Gasteiger partial charge in [-0.3, -0.25) is 4.79 Å². The Balaban J connectivity index is 1.71. The van der Waals surface area contributed by atoms with Crippen molar-refractivity contribution in [1.29, 1.82) is 0 Å². The van der Waals surface area contributed by atoms with Gasteiger partial charge in [0.15, 0.2) is 0 Å². The molecule has 0 aliphatic heterocycles. The minimum Gasteiger partial charge on any atom is -0.381 e. The van der Waals surface area contributed by atoms with Crippen molar-refractivity contribution in [2.24, 2.45) is 7.05 Å². The van der Waals surface area contributed by atoms with Gasteiger partial charge in [0.25, 0.3) is 5.91 Å². The van der Waals surface area contributed by atoms with Crippen LogP contribution < -0.4 is 5.32 Å². The molecule has 21 heavy (non-hydrogen) atoms. The first-order valence-electron chi connectivity index (χ1n) is 6.80. The molecule has 7 heteroatoms. The van der Waals surface area contributed by atoms with Crippen LogP contribution in [0, 0.1) is 0 Å². The molecular formula is C14H17N5O2. The summed E-state index contributed by atoms with van der Waals surface area (Å²) in [5.74, 6) is -0.0758. The first kappa shape index (κ1) is 13.7. The van der Waals surface area contributed by atoms with Crippen molar-refractivity contribution in [1.82, 2.24) is 24.8 Å². The Morgan fingerprint density at radius 3 is 2.95 bits per heavy atom. The Labute approximate surface area is 122 Å². The number of ether oxygens (including phenoxy) is 1. The van der Waals surface area contributed by atoms with E-state index < -0.39 is 0 Å². The Bertz CT molecular complexity index is 648. The predicted octanol–water partition coefficient (Wildman–Crippen LogP) is 0.784. The van der Waals surface area contributed by atoms with Crippen LogP contribution in [0.15, 0.2) is 24.8 Å². The molecule has 1 N–H and O–H groups in total. The van der Waals surface area contributed by atoms with E-state index in [-0.39, 0.29) is 23.9 Å². The number of imidazole rings is 1. The van der Waals surface area contributed by atoms with Crippen LogP contribution in [0.5, 0.6) is 0 Å². The largest absolute Gasteiger partial charge is 0.381 e. The van der Waals surface area contributed by atoms with Gasteiger partial charge in [-0.1, -0.05) is 0 Å². The lowest BCUT2D eigenvalue weighted by Crippen LogP contribution is -2.47. The van der Waals surface area contributed by atoms with Gasteiger partial charge < -0.3 is 14.6 Å². The Hall–Kier alpha value is -2.28. The molecule has 0 unspecified atom stereocenters. The van der Waals surface area contributed by atoms with E-state index in [4.69, 9.17) is 4.74 Å². The summed E-state index contributed by atoms with van der Waals surface area (Å²) in [6.45, 7) is 0. The Morgan fingerprint density at radius 2 is 2.29 bits per heavy atom. The number of methoxy groups -OCH3 is 1. The molecule has 0 radical (unpaired) electrons. The monoisotopic (exact) mass is 287 g/mol. The molecule has 0 aromatic carbocycles. The first-order valence-corrected chi connectivity index (χ1v) is 6.80. The van der Waals surface area contributed by atoms with E-state index in [0.29, 0.717) is 5.69 Å². The van der Waals surface area contributed by atoms with Crippen LogP contribution >= 0.6 is 0 Å². The predicted molar refractivity (Wildman–Crippen MR) is 75.5 cm³/mol. The molecule has 0 saturated heterocycles. The van der Waals surface area contributed by atoms with E-state index in [1.807, 2.05) is 11.6 Å². The fraction of sp³-hybridized carbons (Fsp3) is 0.429. The fourth-order valence-corrected chi connectivity index (χ4v) is 2.34. The fourth-order valence-electron chi connectivity index (χ4n) is 2.34. The second kappa shape index (κ2) is 5.61. The number of aryl methyl sites for hydroxylation is 1. The van der Waals surface area contributed by atoms with E-state index in [0.717, 1.165) is 18.5 Å². The van der Waals surface area contributed by atoms with E-state index in [2.05, 4.69) is 20.3 Å². The molecule has 1 fully saturated rings. The van der Waals surface area contributed by atoms with Crippen molar-refractivity contribution in [3.8, 4) is 11.4 Å².